The third-order valence-electron chi connectivity index (χ3n) is 5.00. The fourth-order valence-corrected chi connectivity index (χ4v) is 3.48. The first-order valence-corrected chi connectivity index (χ1v) is 9.64. The monoisotopic (exact) mass is 377 g/mol. The van der Waals surface area contributed by atoms with Crippen molar-refractivity contribution in [1.29, 1.82) is 0 Å². The van der Waals surface area contributed by atoms with E-state index in [4.69, 9.17) is 9.26 Å². The first-order chi connectivity index (χ1) is 13.7. The minimum Gasteiger partial charge on any atom is -0.493 e. The van der Waals surface area contributed by atoms with Crippen LogP contribution in [0.1, 0.15) is 37.6 Å². The van der Waals surface area contributed by atoms with Gasteiger partial charge in [0.2, 0.25) is 17.6 Å². The molecule has 0 saturated carbocycles. The molecule has 0 spiro atoms. The summed E-state index contributed by atoms with van der Waals surface area (Å²) in [5, 5.41) is 4.12. The van der Waals surface area contributed by atoms with Crippen LogP contribution in [-0.4, -0.2) is 29.2 Å². The van der Waals surface area contributed by atoms with E-state index in [0.717, 1.165) is 23.4 Å². The molecule has 0 aliphatic carbocycles. The molecule has 1 unspecified atom stereocenters. The average Bonchev–Trinajstić information content (AvgIpc) is 3.36. The smallest absolute Gasteiger partial charge is 0.232 e. The highest BCUT2D eigenvalue weighted by Crippen LogP contribution is 2.33. The Balaban J connectivity index is 1.54. The Morgan fingerprint density at radius 3 is 2.68 bits per heavy atom. The Morgan fingerprint density at radius 1 is 1.14 bits per heavy atom. The Morgan fingerprint density at radius 2 is 1.93 bits per heavy atom. The molecule has 1 saturated heterocycles. The summed E-state index contributed by atoms with van der Waals surface area (Å²) in [6.07, 6.45) is 1.34. The SMILES string of the molecule is CCOc1ccccc1-c1noc(C2CC(=O)N(c3ccc(CC)cc3)C2)n1. The third-order valence-corrected chi connectivity index (χ3v) is 5.00. The van der Waals surface area contributed by atoms with Gasteiger partial charge < -0.3 is 14.2 Å². The maximum atomic E-state index is 12.5. The molecule has 2 aromatic carbocycles. The number of amides is 1. The molecule has 4 rings (SSSR count). The van der Waals surface area contributed by atoms with E-state index < -0.39 is 0 Å². The molecule has 28 heavy (non-hydrogen) atoms. The molecule has 1 atom stereocenters. The summed E-state index contributed by atoms with van der Waals surface area (Å²) < 4.78 is 11.2. The predicted octanol–water partition coefficient (Wildman–Crippen LogP) is 4.22. The van der Waals surface area contributed by atoms with Crippen LogP contribution in [0.25, 0.3) is 11.4 Å². The van der Waals surface area contributed by atoms with E-state index in [1.165, 1.54) is 5.56 Å². The average molecular weight is 377 g/mol. The maximum Gasteiger partial charge on any atom is 0.232 e. The third kappa shape index (κ3) is 3.50. The van der Waals surface area contributed by atoms with E-state index >= 15 is 0 Å². The van der Waals surface area contributed by atoms with Crippen molar-refractivity contribution in [3.05, 3.63) is 60.0 Å². The predicted molar refractivity (Wildman–Crippen MR) is 106 cm³/mol. The van der Waals surface area contributed by atoms with Crippen molar-refractivity contribution in [2.45, 2.75) is 32.6 Å². The molecule has 1 fully saturated rings. The summed E-state index contributed by atoms with van der Waals surface area (Å²) in [4.78, 5) is 18.9. The van der Waals surface area contributed by atoms with Gasteiger partial charge in [0.15, 0.2) is 0 Å². The first kappa shape index (κ1) is 18.2. The van der Waals surface area contributed by atoms with Crippen molar-refractivity contribution in [2.75, 3.05) is 18.1 Å². The molecule has 2 heterocycles. The van der Waals surface area contributed by atoms with E-state index in [-0.39, 0.29) is 11.8 Å². The van der Waals surface area contributed by atoms with Crippen molar-refractivity contribution in [2.24, 2.45) is 0 Å². The molecule has 6 nitrogen and oxygen atoms in total. The number of anilines is 1. The van der Waals surface area contributed by atoms with Crippen LogP contribution in [0.4, 0.5) is 5.69 Å². The molecule has 144 valence electrons. The number of carbonyl (C=O) groups is 1. The number of para-hydroxylation sites is 1. The highest BCUT2D eigenvalue weighted by molar-refractivity contribution is 5.96. The van der Waals surface area contributed by atoms with Gasteiger partial charge in [-0.3, -0.25) is 4.79 Å². The van der Waals surface area contributed by atoms with Crippen LogP contribution in [0, 0.1) is 0 Å². The number of hydrogen-bond donors (Lipinski definition) is 0. The normalized spacial score (nSPS) is 16.6. The number of ether oxygens (including phenoxy) is 1. The van der Waals surface area contributed by atoms with E-state index in [0.29, 0.717) is 31.3 Å². The van der Waals surface area contributed by atoms with Crippen molar-refractivity contribution < 1.29 is 14.1 Å². The molecular weight excluding hydrogens is 354 g/mol. The number of aryl methyl sites for hydroxylation is 1. The molecule has 1 aliphatic rings. The maximum absolute atomic E-state index is 12.5. The van der Waals surface area contributed by atoms with E-state index in [1.54, 1.807) is 4.90 Å². The fourth-order valence-electron chi connectivity index (χ4n) is 3.48. The van der Waals surface area contributed by atoms with Crippen molar-refractivity contribution in [3.8, 4) is 17.1 Å². The number of nitrogens with zero attached hydrogens (tertiary/aromatic N) is 3. The molecular formula is C22H23N3O3. The van der Waals surface area contributed by atoms with E-state index in [2.05, 4.69) is 29.2 Å². The Hall–Kier alpha value is -3.15. The zero-order valence-electron chi connectivity index (χ0n) is 16.1. The summed E-state index contributed by atoms with van der Waals surface area (Å²) in [5.41, 5.74) is 2.95. The second kappa shape index (κ2) is 7.84. The van der Waals surface area contributed by atoms with Crippen LogP contribution in [0.5, 0.6) is 5.75 Å². The van der Waals surface area contributed by atoms with Gasteiger partial charge in [-0.2, -0.15) is 4.98 Å². The van der Waals surface area contributed by atoms with E-state index in [1.807, 2.05) is 43.3 Å². The molecule has 3 aromatic rings. The molecule has 1 aromatic heterocycles. The molecule has 0 radical (unpaired) electrons. The molecule has 1 amide bonds. The highest BCUT2D eigenvalue weighted by atomic mass is 16.5. The largest absolute Gasteiger partial charge is 0.493 e. The van der Waals surface area contributed by atoms with Gasteiger partial charge in [0, 0.05) is 18.7 Å². The molecule has 0 bridgehead atoms. The van der Waals surface area contributed by atoms with Gasteiger partial charge in [0.05, 0.1) is 18.1 Å². The van der Waals surface area contributed by atoms with Gasteiger partial charge in [-0.1, -0.05) is 36.3 Å². The van der Waals surface area contributed by atoms with Crippen molar-refractivity contribution in [1.82, 2.24) is 10.1 Å². The second-order valence-corrected chi connectivity index (χ2v) is 6.81. The van der Waals surface area contributed by atoms with Gasteiger partial charge in [-0.25, -0.2) is 0 Å². The van der Waals surface area contributed by atoms with Crippen LogP contribution in [-0.2, 0) is 11.2 Å². The number of benzene rings is 2. The lowest BCUT2D eigenvalue weighted by Gasteiger charge is -2.16. The number of aromatic nitrogens is 2. The Kier molecular flexibility index (Phi) is 5.10. The van der Waals surface area contributed by atoms with Gasteiger partial charge in [0.1, 0.15) is 5.75 Å². The van der Waals surface area contributed by atoms with Gasteiger partial charge in [-0.05, 0) is 43.2 Å². The second-order valence-electron chi connectivity index (χ2n) is 6.81. The standard InChI is InChI=1S/C22H23N3O3/c1-3-15-9-11-17(12-10-15)25-14-16(13-20(25)26)22-23-21(24-28-22)18-7-5-6-8-19(18)27-4-2/h5-12,16H,3-4,13-14H2,1-2H3. The Bertz CT molecular complexity index is 965. The summed E-state index contributed by atoms with van der Waals surface area (Å²) in [7, 11) is 0. The van der Waals surface area contributed by atoms with Crippen LogP contribution in [0.15, 0.2) is 53.1 Å². The Labute approximate surface area is 164 Å². The van der Waals surface area contributed by atoms with Crippen LogP contribution >= 0.6 is 0 Å². The van der Waals surface area contributed by atoms with Crippen molar-refractivity contribution in [3.63, 3.8) is 0 Å². The van der Waals surface area contributed by atoms with Gasteiger partial charge in [-0.15, -0.1) is 0 Å². The lowest BCUT2D eigenvalue weighted by molar-refractivity contribution is -0.117. The quantitative estimate of drug-likeness (QED) is 0.643. The highest BCUT2D eigenvalue weighted by Gasteiger charge is 2.35. The lowest BCUT2D eigenvalue weighted by Crippen LogP contribution is -2.24. The summed E-state index contributed by atoms with van der Waals surface area (Å²) in [6.45, 7) is 5.15. The van der Waals surface area contributed by atoms with E-state index in [9.17, 15) is 4.79 Å². The van der Waals surface area contributed by atoms with Crippen LogP contribution in [0.2, 0.25) is 0 Å². The molecule has 6 heteroatoms. The van der Waals surface area contributed by atoms with Crippen LogP contribution in [0.3, 0.4) is 0 Å². The summed E-state index contributed by atoms with van der Waals surface area (Å²) >= 11 is 0. The van der Waals surface area contributed by atoms with Gasteiger partial charge >= 0.3 is 0 Å². The van der Waals surface area contributed by atoms with Crippen molar-refractivity contribution >= 4 is 11.6 Å². The topological polar surface area (TPSA) is 68.5 Å². The molecule has 1 aliphatic heterocycles. The first-order valence-electron chi connectivity index (χ1n) is 9.64. The minimum atomic E-state index is -0.112. The van der Waals surface area contributed by atoms with Crippen LogP contribution < -0.4 is 9.64 Å². The van der Waals surface area contributed by atoms with Gasteiger partial charge in [0.25, 0.3) is 0 Å². The molecule has 0 N–H and O–H groups in total. The summed E-state index contributed by atoms with van der Waals surface area (Å²) in [6, 6.07) is 15.7. The fraction of sp³-hybridized carbons (Fsp3) is 0.318. The number of rotatable bonds is 6. The number of carbonyl (C=O) groups excluding carboxylic acids is 1. The lowest BCUT2D eigenvalue weighted by atomic mass is 10.1. The number of hydrogen-bond acceptors (Lipinski definition) is 5. The zero-order valence-corrected chi connectivity index (χ0v) is 16.1. The minimum absolute atomic E-state index is 0.0729. The zero-order chi connectivity index (χ0) is 19.5. The summed E-state index contributed by atoms with van der Waals surface area (Å²) in [5.74, 6) is 1.65.